The number of carboxylic acids is 1. The van der Waals surface area contributed by atoms with Gasteiger partial charge in [0.1, 0.15) is 17.1 Å². The smallest absolute Gasteiger partial charge is 0.328 e. The first-order valence-corrected chi connectivity index (χ1v) is 8.82. The van der Waals surface area contributed by atoms with Gasteiger partial charge in [-0.1, -0.05) is 12.1 Å². The van der Waals surface area contributed by atoms with Crippen molar-refractivity contribution in [2.45, 2.75) is 12.6 Å². The summed E-state index contributed by atoms with van der Waals surface area (Å²) in [7, 11) is 3.11. The number of benzene rings is 2. The number of carbonyl (C=O) groups is 2. The Morgan fingerprint density at radius 3 is 2.38 bits per heavy atom. The van der Waals surface area contributed by atoms with E-state index in [1.807, 2.05) is 12.1 Å². The Labute approximate surface area is 167 Å². The van der Waals surface area contributed by atoms with Gasteiger partial charge < -0.3 is 29.1 Å². The number of carbonyl (C=O) groups excluding carboxylic acids is 1. The number of furan rings is 1. The highest BCUT2D eigenvalue weighted by Crippen LogP contribution is 2.24. The molecule has 1 aromatic heterocycles. The highest BCUT2D eigenvalue weighted by molar-refractivity contribution is 5.98. The number of ether oxygens (including phenoxy) is 3. The second kappa shape index (κ2) is 9.11. The first kappa shape index (κ1) is 20.2. The van der Waals surface area contributed by atoms with E-state index in [2.05, 4.69) is 5.32 Å². The molecule has 0 aliphatic carbocycles. The number of methoxy groups -OCH3 is 2. The zero-order chi connectivity index (χ0) is 20.8. The molecule has 8 nitrogen and oxygen atoms in total. The van der Waals surface area contributed by atoms with E-state index in [9.17, 15) is 14.7 Å². The maximum Gasteiger partial charge on any atom is 0.328 e. The van der Waals surface area contributed by atoms with Gasteiger partial charge in [0.15, 0.2) is 11.8 Å². The van der Waals surface area contributed by atoms with E-state index in [1.165, 1.54) is 13.2 Å². The average molecular weight is 399 g/mol. The van der Waals surface area contributed by atoms with E-state index in [0.29, 0.717) is 22.5 Å². The fraction of sp³-hybridized carbons (Fsp3) is 0.238. The molecule has 29 heavy (non-hydrogen) atoms. The molecule has 1 amide bonds. The Morgan fingerprint density at radius 2 is 1.72 bits per heavy atom. The van der Waals surface area contributed by atoms with E-state index in [1.54, 1.807) is 37.4 Å². The molecule has 2 aromatic carbocycles. The van der Waals surface area contributed by atoms with Gasteiger partial charge in [0.25, 0.3) is 5.91 Å². The molecular formula is C21H21NO7. The number of hydrogen-bond acceptors (Lipinski definition) is 6. The van der Waals surface area contributed by atoms with Crippen LogP contribution in [0.4, 0.5) is 0 Å². The van der Waals surface area contributed by atoms with Crippen LogP contribution in [0.1, 0.15) is 16.1 Å². The minimum atomic E-state index is -1.22. The summed E-state index contributed by atoms with van der Waals surface area (Å²) in [5.74, 6) is -0.491. The van der Waals surface area contributed by atoms with Crippen LogP contribution >= 0.6 is 0 Å². The summed E-state index contributed by atoms with van der Waals surface area (Å²) in [5.41, 5.74) is 1.35. The zero-order valence-electron chi connectivity index (χ0n) is 16.0. The Kier molecular flexibility index (Phi) is 6.36. The Morgan fingerprint density at radius 1 is 1.03 bits per heavy atom. The van der Waals surface area contributed by atoms with Gasteiger partial charge in [-0.25, -0.2) is 4.79 Å². The molecule has 3 aromatic rings. The normalized spacial score (nSPS) is 11.8. The van der Waals surface area contributed by atoms with Gasteiger partial charge in [0.2, 0.25) is 0 Å². The maximum absolute atomic E-state index is 12.4. The second-order valence-electron chi connectivity index (χ2n) is 6.24. The van der Waals surface area contributed by atoms with Crippen molar-refractivity contribution < 1.29 is 33.3 Å². The summed E-state index contributed by atoms with van der Waals surface area (Å²) < 4.78 is 21.2. The third-order valence-corrected chi connectivity index (χ3v) is 4.26. The summed E-state index contributed by atoms with van der Waals surface area (Å²) in [6.45, 7) is 0.00916. The number of nitrogens with one attached hydrogen (secondary N) is 1. The van der Waals surface area contributed by atoms with E-state index in [-0.39, 0.29) is 19.0 Å². The van der Waals surface area contributed by atoms with Crippen molar-refractivity contribution >= 4 is 22.8 Å². The maximum atomic E-state index is 12.4. The predicted molar refractivity (Wildman–Crippen MR) is 104 cm³/mol. The first-order chi connectivity index (χ1) is 14.0. The molecule has 1 heterocycles. The molecular weight excluding hydrogens is 378 g/mol. The standard InChI is InChI=1S/C21H21NO7/c1-26-15-5-3-13(4-6-15)11-28-12-17(21(24)25)22-20(23)19-10-14-9-16(27-2)7-8-18(14)29-19/h3-10,17H,11-12H2,1-2H3,(H,22,23)(H,24,25). The number of rotatable bonds is 9. The lowest BCUT2D eigenvalue weighted by atomic mass is 10.2. The number of carboxylic acid groups (broad SMARTS) is 1. The third-order valence-electron chi connectivity index (χ3n) is 4.26. The lowest BCUT2D eigenvalue weighted by molar-refractivity contribution is -0.141. The van der Waals surface area contributed by atoms with Crippen molar-refractivity contribution in [1.82, 2.24) is 5.32 Å². The van der Waals surface area contributed by atoms with Crippen molar-refractivity contribution in [2.75, 3.05) is 20.8 Å². The quantitative estimate of drug-likeness (QED) is 0.570. The fourth-order valence-electron chi connectivity index (χ4n) is 2.68. The van der Waals surface area contributed by atoms with Crippen molar-refractivity contribution in [3.05, 3.63) is 59.9 Å². The topological polar surface area (TPSA) is 107 Å². The lowest BCUT2D eigenvalue weighted by Gasteiger charge is -2.14. The number of amides is 1. The van der Waals surface area contributed by atoms with E-state index in [0.717, 1.165) is 5.56 Å². The molecule has 0 spiro atoms. The Hall–Kier alpha value is -3.52. The van der Waals surface area contributed by atoms with Gasteiger partial charge in [0.05, 0.1) is 27.4 Å². The largest absolute Gasteiger partial charge is 0.497 e. The van der Waals surface area contributed by atoms with E-state index >= 15 is 0 Å². The first-order valence-electron chi connectivity index (χ1n) is 8.82. The molecule has 8 heteroatoms. The molecule has 0 bridgehead atoms. The molecule has 0 saturated heterocycles. The summed E-state index contributed by atoms with van der Waals surface area (Å²) in [6, 6.07) is 12.6. The highest BCUT2D eigenvalue weighted by atomic mass is 16.5. The highest BCUT2D eigenvalue weighted by Gasteiger charge is 2.23. The van der Waals surface area contributed by atoms with Gasteiger partial charge in [-0.05, 0) is 42.0 Å². The Bertz CT molecular complexity index is 994. The zero-order valence-corrected chi connectivity index (χ0v) is 16.0. The van der Waals surface area contributed by atoms with E-state index < -0.39 is 17.9 Å². The number of aliphatic carboxylic acids is 1. The minimum Gasteiger partial charge on any atom is -0.497 e. The molecule has 0 radical (unpaired) electrons. The van der Waals surface area contributed by atoms with Crippen LogP contribution in [-0.4, -0.2) is 43.9 Å². The molecule has 0 saturated carbocycles. The van der Waals surface area contributed by atoms with Crippen molar-refractivity contribution in [3.8, 4) is 11.5 Å². The van der Waals surface area contributed by atoms with Crippen LogP contribution in [0.3, 0.4) is 0 Å². The average Bonchev–Trinajstić information content (AvgIpc) is 3.16. The van der Waals surface area contributed by atoms with Crippen molar-refractivity contribution in [1.29, 1.82) is 0 Å². The third kappa shape index (κ3) is 5.05. The van der Waals surface area contributed by atoms with Gasteiger partial charge in [-0.15, -0.1) is 0 Å². The van der Waals surface area contributed by atoms with Crippen LogP contribution in [0.15, 0.2) is 52.9 Å². The fourth-order valence-corrected chi connectivity index (χ4v) is 2.68. The summed E-state index contributed by atoms with van der Waals surface area (Å²) in [6.07, 6.45) is 0. The van der Waals surface area contributed by atoms with Crippen LogP contribution < -0.4 is 14.8 Å². The predicted octanol–water partition coefficient (Wildman–Crippen LogP) is 2.85. The number of hydrogen-bond donors (Lipinski definition) is 2. The van der Waals surface area contributed by atoms with Gasteiger partial charge in [-0.2, -0.15) is 0 Å². The molecule has 0 aliphatic rings. The van der Waals surface area contributed by atoms with Crippen LogP contribution in [0.5, 0.6) is 11.5 Å². The molecule has 3 rings (SSSR count). The van der Waals surface area contributed by atoms with Crippen molar-refractivity contribution in [2.24, 2.45) is 0 Å². The van der Waals surface area contributed by atoms with Gasteiger partial charge in [-0.3, -0.25) is 4.79 Å². The molecule has 1 atom stereocenters. The lowest BCUT2D eigenvalue weighted by Crippen LogP contribution is -2.43. The van der Waals surface area contributed by atoms with E-state index in [4.69, 9.17) is 18.6 Å². The second-order valence-corrected chi connectivity index (χ2v) is 6.24. The molecule has 152 valence electrons. The molecule has 1 unspecified atom stereocenters. The van der Waals surface area contributed by atoms with Crippen LogP contribution in [-0.2, 0) is 16.1 Å². The monoisotopic (exact) mass is 399 g/mol. The van der Waals surface area contributed by atoms with Crippen LogP contribution in [0, 0.1) is 0 Å². The molecule has 0 aliphatic heterocycles. The number of fused-ring (bicyclic) bond motifs is 1. The summed E-state index contributed by atoms with van der Waals surface area (Å²) in [4.78, 5) is 23.9. The van der Waals surface area contributed by atoms with Gasteiger partial charge in [0, 0.05) is 5.39 Å². The Balaban J connectivity index is 1.60. The van der Waals surface area contributed by atoms with Crippen LogP contribution in [0.2, 0.25) is 0 Å². The SMILES string of the molecule is COc1ccc(COCC(NC(=O)c2cc3cc(OC)ccc3o2)C(=O)O)cc1. The summed E-state index contributed by atoms with van der Waals surface area (Å²) in [5, 5.41) is 12.5. The van der Waals surface area contributed by atoms with Crippen molar-refractivity contribution in [3.63, 3.8) is 0 Å². The molecule has 0 fully saturated rings. The van der Waals surface area contributed by atoms with Gasteiger partial charge >= 0.3 is 5.97 Å². The van der Waals surface area contributed by atoms with Crippen LogP contribution in [0.25, 0.3) is 11.0 Å². The summed E-state index contributed by atoms with van der Waals surface area (Å²) >= 11 is 0. The molecule has 2 N–H and O–H groups in total. The minimum absolute atomic E-state index is 0.00894.